The van der Waals surface area contributed by atoms with Crippen molar-refractivity contribution in [2.24, 2.45) is 0 Å². The van der Waals surface area contributed by atoms with E-state index in [1.54, 1.807) is 17.0 Å². The van der Waals surface area contributed by atoms with Crippen molar-refractivity contribution < 1.29 is 9.59 Å². The van der Waals surface area contributed by atoms with Gasteiger partial charge in [-0.3, -0.25) is 9.59 Å². The fourth-order valence-corrected chi connectivity index (χ4v) is 3.85. The first-order chi connectivity index (χ1) is 11.6. The number of hydrogen-bond donors (Lipinski definition) is 0. The third kappa shape index (κ3) is 4.24. The average molecular weight is 377 g/mol. The summed E-state index contributed by atoms with van der Waals surface area (Å²) in [6.45, 7) is 1.32. The second-order valence-corrected chi connectivity index (χ2v) is 7.14. The molecule has 1 atom stereocenters. The van der Waals surface area contributed by atoms with Crippen LogP contribution >= 0.6 is 24.2 Å². The quantitative estimate of drug-likeness (QED) is 0.592. The van der Waals surface area contributed by atoms with Gasteiger partial charge in [0.25, 0.3) is 0 Å². The van der Waals surface area contributed by atoms with E-state index in [1.807, 2.05) is 61.5 Å². The predicted octanol–water partition coefficient (Wildman–Crippen LogP) is 3.36. The zero-order chi connectivity index (χ0) is 17.1. The third-order valence-electron chi connectivity index (χ3n) is 3.96. The molecular weight excluding hydrogens is 356 g/mol. The van der Waals surface area contributed by atoms with Gasteiger partial charge in [-0.1, -0.05) is 42.5 Å². The monoisotopic (exact) mass is 376 g/mol. The summed E-state index contributed by atoms with van der Waals surface area (Å²) in [6, 6.07) is 16.8. The largest absolute Gasteiger partial charge is 0.309 e. The molecule has 0 spiro atoms. The maximum Gasteiger partial charge on any atom is 0.248 e. The number of carbonyl (C=O) groups is 2. The first-order valence-electron chi connectivity index (χ1n) is 7.89. The molecule has 1 aliphatic rings. The maximum absolute atomic E-state index is 13.0. The van der Waals surface area contributed by atoms with E-state index in [0.29, 0.717) is 12.1 Å². The van der Waals surface area contributed by atoms with E-state index >= 15 is 0 Å². The summed E-state index contributed by atoms with van der Waals surface area (Å²) < 4.78 is 0. The van der Waals surface area contributed by atoms with Gasteiger partial charge in [0.05, 0.1) is 5.69 Å². The van der Waals surface area contributed by atoms with Crippen molar-refractivity contribution >= 4 is 41.5 Å². The van der Waals surface area contributed by atoms with Gasteiger partial charge in [0, 0.05) is 23.5 Å². The summed E-state index contributed by atoms with van der Waals surface area (Å²) in [6.07, 6.45) is 0. The van der Waals surface area contributed by atoms with E-state index < -0.39 is 5.25 Å². The fraction of sp³-hybridized carbons (Fsp3) is 0.263. The van der Waals surface area contributed by atoms with Crippen molar-refractivity contribution in [3.63, 3.8) is 0 Å². The minimum Gasteiger partial charge on any atom is -0.309 e. The summed E-state index contributed by atoms with van der Waals surface area (Å²) in [7, 11) is 3.95. The van der Waals surface area contributed by atoms with Crippen molar-refractivity contribution in [3.8, 4) is 0 Å². The number of likely N-dealkylation sites (N-methyl/N-ethyl adjacent to an activating group) is 1. The number of carbonyl (C=O) groups excluding carboxylic acids is 2. The van der Waals surface area contributed by atoms with Gasteiger partial charge in [0.2, 0.25) is 5.91 Å². The molecule has 0 radical (unpaired) electrons. The number of thioether (sulfide) groups is 1. The molecule has 1 aliphatic heterocycles. The first kappa shape index (κ1) is 19.5. The maximum atomic E-state index is 13.0. The van der Waals surface area contributed by atoms with Crippen LogP contribution in [-0.2, 0) is 4.79 Å². The Labute approximate surface area is 158 Å². The molecule has 0 saturated heterocycles. The third-order valence-corrected chi connectivity index (χ3v) is 5.21. The number of amides is 1. The fourth-order valence-electron chi connectivity index (χ4n) is 2.67. The molecule has 2 aromatic rings. The smallest absolute Gasteiger partial charge is 0.248 e. The van der Waals surface area contributed by atoms with Crippen LogP contribution in [0.25, 0.3) is 0 Å². The summed E-state index contributed by atoms with van der Waals surface area (Å²) in [5, 5.41) is -0.718. The standard InChI is InChI=1S/C19H20N2O2S.ClH/c1-20(2)12-13-21-15-10-6-7-11-16(15)24-18(19(21)23)17(22)14-8-4-3-5-9-14;/h3-11,18H,12-13H2,1-2H3;1H. The number of hydrogen-bond acceptors (Lipinski definition) is 4. The van der Waals surface area contributed by atoms with Crippen LogP contribution in [0.15, 0.2) is 59.5 Å². The molecule has 0 N–H and O–H groups in total. The van der Waals surface area contributed by atoms with Gasteiger partial charge in [-0.05, 0) is 26.2 Å². The summed E-state index contributed by atoms with van der Waals surface area (Å²) in [5.41, 5.74) is 1.47. The van der Waals surface area contributed by atoms with Gasteiger partial charge < -0.3 is 9.80 Å². The average Bonchev–Trinajstić information content (AvgIpc) is 2.60. The van der Waals surface area contributed by atoms with E-state index in [9.17, 15) is 9.59 Å². The number of nitrogens with zero attached hydrogens (tertiary/aromatic N) is 2. The van der Waals surface area contributed by atoms with Crippen LogP contribution in [0.2, 0.25) is 0 Å². The molecule has 3 rings (SSSR count). The van der Waals surface area contributed by atoms with Crippen molar-refractivity contribution in [1.29, 1.82) is 0 Å². The highest BCUT2D eigenvalue weighted by Crippen LogP contribution is 2.40. The molecule has 4 nitrogen and oxygen atoms in total. The lowest BCUT2D eigenvalue weighted by atomic mass is 10.1. The number of anilines is 1. The van der Waals surface area contributed by atoms with E-state index in [0.717, 1.165) is 17.1 Å². The minimum absolute atomic E-state index is 0. The van der Waals surface area contributed by atoms with Crippen LogP contribution < -0.4 is 4.90 Å². The Kier molecular flexibility index (Phi) is 6.64. The molecule has 132 valence electrons. The highest BCUT2D eigenvalue weighted by atomic mass is 35.5. The lowest BCUT2D eigenvalue weighted by Gasteiger charge is -2.33. The Bertz CT molecular complexity index is 752. The summed E-state index contributed by atoms with van der Waals surface area (Å²) >= 11 is 1.35. The minimum atomic E-state index is -0.718. The number of rotatable bonds is 5. The van der Waals surface area contributed by atoms with E-state index in [-0.39, 0.29) is 24.1 Å². The van der Waals surface area contributed by atoms with Crippen LogP contribution in [0.1, 0.15) is 10.4 Å². The van der Waals surface area contributed by atoms with E-state index in [4.69, 9.17) is 0 Å². The lowest BCUT2D eigenvalue weighted by molar-refractivity contribution is -0.117. The summed E-state index contributed by atoms with van der Waals surface area (Å²) in [5.74, 6) is -0.260. The number of halogens is 1. The highest BCUT2D eigenvalue weighted by molar-refractivity contribution is 8.01. The molecule has 1 unspecified atom stereocenters. The molecule has 1 heterocycles. The molecular formula is C19H21ClN2O2S. The van der Waals surface area contributed by atoms with Crippen LogP contribution in [-0.4, -0.2) is 49.0 Å². The number of Topliss-reactive ketones (excluding diaryl/α,β-unsaturated/α-hetero) is 1. The molecule has 0 fully saturated rings. The SMILES string of the molecule is CN(C)CCN1C(=O)C(C(=O)c2ccccc2)Sc2ccccc21.Cl. The van der Waals surface area contributed by atoms with Gasteiger partial charge in [-0.2, -0.15) is 0 Å². The zero-order valence-corrected chi connectivity index (χ0v) is 15.8. The molecule has 2 aromatic carbocycles. The summed E-state index contributed by atoms with van der Waals surface area (Å²) in [4.78, 5) is 30.6. The van der Waals surface area contributed by atoms with Gasteiger partial charge in [-0.15, -0.1) is 24.2 Å². The van der Waals surface area contributed by atoms with Crippen molar-refractivity contribution in [2.75, 3.05) is 32.1 Å². The number of para-hydroxylation sites is 1. The van der Waals surface area contributed by atoms with Crippen LogP contribution in [0.3, 0.4) is 0 Å². The molecule has 6 heteroatoms. The van der Waals surface area contributed by atoms with E-state index in [2.05, 4.69) is 0 Å². The van der Waals surface area contributed by atoms with Crippen molar-refractivity contribution in [3.05, 3.63) is 60.2 Å². The van der Waals surface area contributed by atoms with Crippen LogP contribution in [0.5, 0.6) is 0 Å². The topological polar surface area (TPSA) is 40.6 Å². The lowest BCUT2D eigenvalue weighted by Crippen LogP contribution is -2.46. The normalized spacial score (nSPS) is 16.4. The van der Waals surface area contributed by atoms with Crippen molar-refractivity contribution in [1.82, 2.24) is 4.90 Å². The number of fused-ring (bicyclic) bond motifs is 1. The molecule has 0 bridgehead atoms. The Morgan fingerprint density at radius 2 is 1.72 bits per heavy atom. The van der Waals surface area contributed by atoms with Gasteiger partial charge in [-0.25, -0.2) is 0 Å². The zero-order valence-electron chi connectivity index (χ0n) is 14.2. The number of benzene rings is 2. The second-order valence-electron chi connectivity index (χ2n) is 5.99. The first-order valence-corrected chi connectivity index (χ1v) is 8.77. The van der Waals surface area contributed by atoms with Crippen molar-refractivity contribution in [2.45, 2.75) is 10.1 Å². The molecule has 0 aromatic heterocycles. The molecule has 0 saturated carbocycles. The van der Waals surface area contributed by atoms with E-state index in [1.165, 1.54) is 11.8 Å². The molecule has 1 amide bonds. The predicted molar refractivity (Wildman–Crippen MR) is 105 cm³/mol. The van der Waals surface area contributed by atoms with Gasteiger partial charge in [0.15, 0.2) is 11.0 Å². The van der Waals surface area contributed by atoms with Crippen LogP contribution in [0, 0.1) is 0 Å². The Morgan fingerprint density at radius 1 is 1.08 bits per heavy atom. The van der Waals surface area contributed by atoms with Crippen LogP contribution in [0.4, 0.5) is 5.69 Å². The Morgan fingerprint density at radius 3 is 2.40 bits per heavy atom. The molecule has 25 heavy (non-hydrogen) atoms. The van der Waals surface area contributed by atoms with Gasteiger partial charge in [0.1, 0.15) is 0 Å². The molecule has 0 aliphatic carbocycles. The highest BCUT2D eigenvalue weighted by Gasteiger charge is 2.38. The Balaban J connectivity index is 0.00000225. The van der Waals surface area contributed by atoms with Gasteiger partial charge >= 0.3 is 0 Å². The number of ketones is 1. The Hall–Kier alpha value is -1.82. The second kappa shape index (κ2) is 8.52.